The summed E-state index contributed by atoms with van der Waals surface area (Å²) in [6.07, 6.45) is 1.66. The highest BCUT2D eigenvalue weighted by atomic mass is 32.1. The van der Waals surface area contributed by atoms with Gasteiger partial charge in [0.05, 0.1) is 19.3 Å². The monoisotopic (exact) mass is 355 g/mol. The van der Waals surface area contributed by atoms with Gasteiger partial charge in [-0.05, 0) is 36.8 Å². The smallest absolute Gasteiger partial charge is 0.263 e. The SMILES string of the molecule is COc1ccc(Cn2cccc(C(=O)Nc3nc(C)cs3)c2=O)cc1. The Morgan fingerprint density at radius 3 is 2.68 bits per heavy atom. The van der Waals surface area contributed by atoms with Crippen LogP contribution in [-0.4, -0.2) is 22.6 Å². The van der Waals surface area contributed by atoms with Gasteiger partial charge in [-0.15, -0.1) is 11.3 Å². The van der Waals surface area contributed by atoms with Gasteiger partial charge in [-0.1, -0.05) is 12.1 Å². The number of benzene rings is 1. The molecule has 2 heterocycles. The number of pyridine rings is 1. The van der Waals surface area contributed by atoms with Crippen molar-refractivity contribution in [2.75, 3.05) is 12.4 Å². The minimum atomic E-state index is -0.455. The number of hydrogen-bond acceptors (Lipinski definition) is 5. The Morgan fingerprint density at radius 2 is 2.04 bits per heavy atom. The van der Waals surface area contributed by atoms with E-state index in [2.05, 4.69) is 10.3 Å². The van der Waals surface area contributed by atoms with Crippen LogP contribution in [0.3, 0.4) is 0 Å². The van der Waals surface area contributed by atoms with E-state index in [0.29, 0.717) is 11.7 Å². The second-order valence-corrected chi connectivity index (χ2v) is 6.31. The number of ether oxygens (including phenoxy) is 1. The molecule has 3 aromatic rings. The Morgan fingerprint density at radius 1 is 1.28 bits per heavy atom. The number of aromatic nitrogens is 2. The van der Waals surface area contributed by atoms with Crippen molar-refractivity contribution in [2.24, 2.45) is 0 Å². The number of rotatable bonds is 5. The summed E-state index contributed by atoms with van der Waals surface area (Å²) in [7, 11) is 1.60. The summed E-state index contributed by atoms with van der Waals surface area (Å²) in [6, 6.07) is 10.6. The molecule has 0 unspecified atom stereocenters. The Kier molecular flexibility index (Phi) is 4.95. The molecule has 128 valence electrons. The maximum atomic E-state index is 12.6. The zero-order valence-corrected chi connectivity index (χ0v) is 14.7. The molecule has 3 rings (SSSR count). The molecule has 0 aliphatic carbocycles. The number of anilines is 1. The molecule has 0 spiro atoms. The molecule has 1 aromatic carbocycles. The summed E-state index contributed by atoms with van der Waals surface area (Å²) < 4.78 is 6.63. The first-order chi connectivity index (χ1) is 12.1. The fraction of sp³-hybridized carbons (Fsp3) is 0.167. The largest absolute Gasteiger partial charge is 0.497 e. The van der Waals surface area contributed by atoms with Gasteiger partial charge >= 0.3 is 0 Å². The second-order valence-electron chi connectivity index (χ2n) is 5.45. The minimum absolute atomic E-state index is 0.0869. The average Bonchev–Trinajstić information content (AvgIpc) is 3.02. The molecular formula is C18H17N3O3S. The van der Waals surface area contributed by atoms with Gasteiger partial charge in [0.15, 0.2) is 5.13 Å². The highest BCUT2D eigenvalue weighted by molar-refractivity contribution is 7.13. The van der Waals surface area contributed by atoms with Crippen molar-refractivity contribution in [1.82, 2.24) is 9.55 Å². The molecule has 0 bridgehead atoms. The molecule has 25 heavy (non-hydrogen) atoms. The fourth-order valence-electron chi connectivity index (χ4n) is 2.34. The lowest BCUT2D eigenvalue weighted by Crippen LogP contribution is -2.29. The lowest BCUT2D eigenvalue weighted by molar-refractivity contribution is 0.102. The fourth-order valence-corrected chi connectivity index (χ4v) is 3.02. The van der Waals surface area contributed by atoms with Gasteiger partial charge in [-0.3, -0.25) is 14.9 Å². The predicted molar refractivity (Wildman–Crippen MR) is 97.6 cm³/mol. The highest BCUT2D eigenvalue weighted by Gasteiger charge is 2.14. The number of carbonyl (C=O) groups is 1. The van der Waals surface area contributed by atoms with Crippen molar-refractivity contribution in [3.8, 4) is 5.75 Å². The van der Waals surface area contributed by atoms with Crippen LogP contribution in [0.5, 0.6) is 5.75 Å². The van der Waals surface area contributed by atoms with Crippen molar-refractivity contribution in [2.45, 2.75) is 13.5 Å². The molecule has 0 saturated carbocycles. The second kappa shape index (κ2) is 7.31. The van der Waals surface area contributed by atoms with Crippen molar-refractivity contribution in [3.05, 3.63) is 75.1 Å². The van der Waals surface area contributed by atoms with E-state index >= 15 is 0 Å². The van der Waals surface area contributed by atoms with Gasteiger partial charge in [0.25, 0.3) is 11.5 Å². The maximum Gasteiger partial charge on any atom is 0.263 e. The van der Waals surface area contributed by atoms with Crippen molar-refractivity contribution >= 4 is 22.4 Å². The van der Waals surface area contributed by atoms with E-state index in [-0.39, 0.29) is 11.1 Å². The van der Waals surface area contributed by atoms with Crippen LogP contribution in [0.4, 0.5) is 5.13 Å². The van der Waals surface area contributed by atoms with Gasteiger partial charge in [0.2, 0.25) is 0 Å². The summed E-state index contributed by atoms with van der Waals surface area (Å²) in [5.74, 6) is 0.298. The Bertz CT molecular complexity index is 945. The third-order valence-corrected chi connectivity index (χ3v) is 4.49. The molecule has 0 radical (unpaired) electrons. The molecule has 1 N–H and O–H groups in total. The lowest BCUT2D eigenvalue weighted by Gasteiger charge is -2.09. The predicted octanol–water partition coefficient (Wildman–Crippen LogP) is 2.92. The number of amides is 1. The average molecular weight is 355 g/mol. The van der Waals surface area contributed by atoms with Gasteiger partial charge < -0.3 is 9.30 Å². The van der Waals surface area contributed by atoms with Crippen LogP contribution in [0.25, 0.3) is 0 Å². The first kappa shape index (κ1) is 16.9. The highest BCUT2D eigenvalue weighted by Crippen LogP contribution is 2.15. The van der Waals surface area contributed by atoms with Crippen LogP contribution < -0.4 is 15.6 Å². The number of hydrogen-bond donors (Lipinski definition) is 1. The van der Waals surface area contributed by atoms with E-state index in [1.165, 1.54) is 22.0 Å². The van der Waals surface area contributed by atoms with E-state index in [0.717, 1.165) is 17.0 Å². The van der Waals surface area contributed by atoms with Crippen molar-refractivity contribution in [3.63, 3.8) is 0 Å². The molecule has 1 amide bonds. The zero-order chi connectivity index (χ0) is 17.8. The molecule has 0 atom stereocenters. The van der Waals surface area contributed by atoms with Crippen LogP contribution in [0.2, 0.25) is 0 Å². The van der Waals surface area contributed by atoms with Crippen LogP contribution in [0.15, 0.2) is 52.8 Å². The first-order valence-electron chi connectivity index (χ1n) is 7.62. The lowest BCUT2D eigenvalue weighted by atomic mass is 10.2. The van der Waals surface area contributed by atoms with Gasteiger partial charge in [-0.2, -0.15) is 0 Å². The van der Waals surface area contributed by atoms with Gasteiger partial charge in [0.1, 0.15) is 11.3 Å². The quantitative estimate of drug-likeness (QED) is 0.764. The summed E-state index contributed by atoms with van der Waals surface area (Å²) in [5, 5.41) is 4.98. The van der Waals surface area contributed by atoms with Crippen LogP contribution >= 0.6 is 11.3 Å². The van der Waals surface area contributed by atoms with E-state index in [1.807, 2.05) is 36.6 Å². The van der Waals surface area contributed by atoms with Crippen LogP contribution in [0, 0.1) is 6.92 Å². The molecule has 2 aromatic heterocycles. The molecule has 6 nitrogen and oxygen atoms in total. The standard InChI is InChI=1S/C18H17N3O3S/c1-12-11-25-18(19-12)20-16(22)15-4-3-9-21(17(15)23)10-13-5-7-14(24-2)8-6-13/h3-9,11H,10H2,1-2H3,(H,19,20,22). The number of thiazole rings is 1. The number of carbonyl (C=O) groups excluding carboxylic acids is 1. The summed E-state index contributed by atoms with van der Waals surface area (Å²) >= 11 is 1.32. The molecule has 0 aliphatic rings. The summed E-state index contributed by atoms with van der Waals surface area (Å²) in [4.78, 5) is 29.1. The van der Waals surface area contributed by atoms with E-state index < -0.39 is 5.91 Å². The number of aryl methyl sites for hydroxylation is 1. The topological polar surface area (TPSA) is 73.2 Å². The molecule has 7 heteroatoms. The van der Waals surface area contributed by atoms with Crippen LogP contribution in [-0.2, 0) is 6.54 Å². The van der Waals surface area contributed by atoms with Gasteiger partial charge in [-0.25, -0.2) is 4.98 Å². The Hall–Kier alpha value is -2.93. The molecule has 0 aliphatic heterocycles. The third-order valence-electron chi connectivity index (χ3n) is 3.62. The molecule has 0 fully saturated rings. The van der Waals surface area contributed by atoms with Crippen molar-refractivity contribution in [1.29, 1.82) is 0 Å². The number of methoxy groups -OCH3 is 1. The Balaban J connectivity index is 1.81. The van der Waals surface area contributed by atoms with Crippen molar-refractivity contribution < 1.29 is 9.53 Å². The zero-order valence-electron chi connectivity index (χ0n) is 13.9. The van der Waals surface area contributed by atoms with Gasteiger partial charge in [0, 0.05) is 11.6 Å². The Labute approximate surface area is 148 Å². The van der Waals surface area contributed by atoms with E-state index in [4.69, 9.17) is 4.74 Å². The number of nitrogens with zero attached hydrogens (tertiary/aromatic N) is 2. The normalized spacial score (nSPS) is 10.5. The van der Waals surface area contributed by atoms with Crippen LogP contribution in [0.1, 0.15) is 21.6 Å². The maximum absolute atomic E-state index is 12.6. The van der Waals surface area contributed by atoms with E-state index in [9.17, 15) is 9.59 Å². The third kappa shape index (κ3) is 3.95. The summed E-state index contributed by atoms with van der Waals surface area (Å²) in [6.45, 7) is 2.22. The summed E-state index contributed by atoms with van der Waals surface area (Å²) in [5.41, 5.74) is 1.51. The molecule has 0 saturated heterocycles. The molecular weight excluding hydrogens is 338 g/mol. The van der Waals surface area contributed by atoms with E-state index in [1.54, 1.807) is 19.4 Å². The number of nitrogens with one attached hydrogen (secondary N) is 1. The first-order valence-corrected chi connectivity index (χ1v) is 8.50. The minimum Gasteiger partial charge on any atom is -0.497 e.